The molecule has 2 amide bonds. The number of carbonyl (C=O) groups is 2. The Balaban J connectivity index is 1.71. The highest BCUT2D eigenvalue weighted by atomic mass is 32.2. The zero-order valence-corrected chi connectivity index (χ0v) is 26.4. The number of anilines is 1. The van der Waals surface area contributed by atoms with E-state index in [4.69, 9.17) is 4.74 Å². The molecule has 1 aliphatic rings. The lowest BCUT2D eigenvalue weighted by atomic mass is 9.95. The minimum atomic E-state index is -4.15. The van der Waals surface area contributed by atoms with Crippen molar-refractivity contribution < 1.29 is 22.7 Å². The summed E-state index contributed by atoms with van der Waals surface area (Å²) in [7, 11) is -2.65. The number of sulfonamides is 1. The van der Waals surface area contributed by atoms with Crippen LogP contribution < -0.4 is 14.4 Å². The number of carbonyl (C=O) groups excluding carboxylic acids is 2. The predicted molar refractivity (Wildman–Crippen MR) is 170 cm³/mol. The number of nitrogens with zero attached hydrogens (tertiary/aromatic N) is 2. The van der Waals surface area contributed by atoms with Crippen LogP contribution in [0.5, 0.6) is 5.75 Å². The molecule has 4 rings (SSSR count). The van der Waals surface area contributed by atoms with Crippen LogP contribution in [0, 0.1) is 13.8 Å². The molecule has 1 saturated carbocycles. The van der Waals surface area contributed by atoms with Crippen LogP contribution in [0.1, 0.15) is 62.1 Å². The number of ether oxygens (including phenoxy) is 1. The molecule has 3 aromatic rings. The molecule has 1 N–H and O–H groups in total. The molecule has 0 unspecified atom stereocenters. The number of methoxy groups -OCH3 is 1. The third-order valence-electron chi connectivity index (χ3n) is 8.04. The van der Waals surface area contributed by atoms with Gasteiger partial charge in [0.05, 0.1) is 17.7 Å². The van der Waals surface area contributed by atoms with Crippen LogP contribution in [0.2, 0.25) is 0 Å². The third-order valence-corrected chi connectivity index (χ3v) is 9.83. The highest BCUT2D eigenvalue weighted by molar-refractivity contribution is 7.92. The number of hydrogen-bond donors (Lipinski definition) is 1. The Bertz CT molecular complexity index is 1480. The summed E-state index contributed by atoms with van der Waals surface area (Å²) in [6.45, 7) is 5.44. The molecule has 1 aliphatic carbocycles. The van der Waals surface area contributed by atoms with Gasteiger partial charge in [-0.3, -0.25) is 13.9 Å². The molecule has 0 aromatic heterocycles. The molecular formula is C34H43N3O5S. The molecule has 0 heterocycles. The van der Waals surface area contributed by atoms with Gasteiger partial charge in [-0.15, -0.1) is 0 Å². The van der Waals surface area contributed by atoms with Gasteiger partial charge in [0.25, 0.3) is 10.0 Å². The van der Waals surface area contributed by atoms with Gasteiger partial charge >= 0.3 is 0 Å². The van der Waals surface area contributed by atoms with Crippen molar-refractivity contribution in [2.24, 2.45) is 0 Å². The normalized spacial score (nSPS) is 14.5. The van der Waals surface area contributed by atoms with Crippen molar-refractivity contribution in [3.8, 4) is 5.75 Å². The second-order valence-electron chi connectivity index (χ2n) is 11.3. The summed E-state index contributed by atoms with van der Waals surface area (Å²) >= 11 is 0. The molecule has 0 bridgehead atoms. The van der Waals surface area contributed by atoms with Gasteiger partial charge in [-0.2, -0.15) is 0 Å². The Labute approximate surface area is 256 Å². The lowest BCUT2D eigenvalue weighted by Crippen LogP contribution is -2.54. The van der Waals surface area contributed by atoms with Crippen LogP contribution in [-0.4, -0.2) is 50.9 Å². The van der Waals surface area contributed by atoms with E-state index in [9.17, 15) is 18.0 Å². The summed E-state index contributed by atoms with van der Waals surface area (Å²) < 4.78 is 34.6. The average Bonchev–Trinajstić information content (AvgIpc) is 3.01. The summed E-state index contributed by atoms with van der Waals surface area (Å²) in [5.74, 6) is -0.210. The van der Waals surface area contributed by atoms with Crippen molar-refractivity contribution in [3.63, 3.8) is 0 Å². The lowest BCUT2D eigenvalue weighted by Gasteiger charge is -2.34. The molecule has 3 aromatic carbocycles. The Morgan fingerprint density at radius 1 is 0.930 bits per heavy atom. The summed E-state index contributed by atoms with van der Waals surface area (Å²) in [5.41, 5.74) is 3.15. The highest BCUT2D eigenvalue weighted by Crippen LogP contribution is 2.28. The number of amides is 2. The topological polar surface area (TPSA) is 96.0 Å². The summed E-state index contributed by atoms with van der Waals surface area (Å²) in [6.07, 6.45) is 5.54. The number of aryl methyl sites for hydroxylation is 2. The van der Waals surface area contributed by atoms with Gasteiger partial charge in [0, 0.05) is 18.7 Å². The Morgan fingerprint density at radius 2 is 1.56 bits per heavy atom. The molecule has 43 heavy (non-hydrogen) atoms. The van der Waals surface area contributed by atoms with Crippen molar-refractivity contribution in [1.29, 1.82) is 0 Å². The summed E-state index contributed by atoms with van der Waals surface area (Å²) in [5, 5.41) is 3.18. The van der Waals surface area contributed by atoms with E-state index in [-0.39, 0.29) is 23.4 Å². The first-order chi connectivity index (χ1) is 20.6. The predicted octanol–water partition coefficient (Wildman–Crippen LogP) is 5.76. The van der Waals surface area contributed by atoms with Gasteiger partial charge in [0.1, 0.15) is 18.3 Å². The van der Waals surface area contributed by atoms with Crippen molar-refractivity contribution in [2.45, 2.75) is 82.8 Å². The standard InChI is InChI=1S/C34H43N3O5S/c1-5-32(34(39)35-28-10-7-6-8-11-28)36(23-27-18-14-25(2)15-19-27)33(38)24-37(29-12-9-13-30(22-29)42-4)43(40,41)31-20-16-26(3)17-21-31/h9,12-22,28,32H,5-8,10-11,23-24H2,1-4H3,(H,35,39)/t32-/m0/s1. The third kappa shape index (κ3) is 8.16. The minimum Gasteiger partial charge on any atom is -0.497 e. The summed E-state index contributed by atoms with van der Waals surface area (Å²) in [4.78, 5) is 29.6. The lowest BCUT2D eigenvalue weighted by molar-refractivity contribution is -0.140. The Morgan fingerprint density at radius 3 is 2.16 bits per heavy atom. The number of rotatable bonds is 12. The quantitative estimate of drug-likeness (QED) is 0.283. The molecule has 0 saturated heterocycles. The van der Waals surface area contributed by atoms with Gasteiger partial charge in [0.2, 0.25) is 11.8 Å². The van der Waals surface area contributed by atoms with Crippen LogP contribution in [-0.2, 0) is 26.2 Å². The van der Waals surface area contributed by atoms with Gasteiger partial charge in [-0.25, -0.2) is 8.42 Å². The van der Waals surface area contributed by atoms with Crippen molar-refractivity contribution in [2.75, 3.05) is 18.0 Å². The molecule has 9 heteroatoms. The molecule has 8 nitrogen and oxygen atoms in total. The van der Waals surface area contributed by atoms with Crippen LogP contribution in [0.3, 0.4) is 0 Å². The first-order valence-corrected chi connectivity index (χ1v) is 16.4. The number of nitrogens with one attached hydrogen (secondary N) is 1. The zero-order chi connectivity index (χ0) is 31.0. The van der Waals surface area contributed by atoms with E-state index in [1.54, 1.807) is 48.5 Å². The molecule has 1 atom stereocenters. The Hall–Kier alpha value is -3.85. The second kappa shape index (κ2) is 14.6. The van der Waals surface area contributed by atoms with Gasteiger partial charge in [-0.05, 0) is 62.9 Å². The van der Waals surface area contributed by atoms with E-state index in [1.807, 2.05) is 45.0 Å². The fourth-order valence-electron chi connectivity index (χ4n) is 5.49. The van der Waals surface area contributed by atoms with Crippen molar-refractivity contribution >= 4 is 27.5 Å². The van der Waals surface area contributed by atoms with Gasteiger partial charge in [0.15, 0.2) is 0 Å². The van der Waals surface area contributed by atoms with Crippen LogP contribution >= 0.6 is 0 Å². The van der Waals surface area contributed by atoms with Crippen LogP contribution in [0.15, 0.2) is 77.7 Å². The van der Waals surface area contributed by atoms with E-state index in [0.29, 0.717) is 17.9 Å². The summed E-state index contributed by atoms with van der Waals surface area (Å²) in [6, 6.07) is 20.3. The second-order valence-corrected chi connectivity index (χ2v) is 13.2. The largest absolute Gasteiger partial charge is 0.497 e. The maximum Gasteiger partial charge on any atom is 0.264 e. The van der Waals surface area contributed by atoms with E-state index in [1.165, 1.54) is 12.0 Å². The average molecular weight is 606 g/mol. The van der Waals surface area contributed by atoms with Crippen LogP contribution in [0.4, 0.5) is 5.69 Å². The maximum absolute atomic E-state index is 14.3. The zero-order valence-electron chi connectivity index (χ0n) is 25.6. The number of hydrogen-bond acceptors (Lipinski definition) is 5. The number of benzene rings is 3. The van der Waals surface area contributed by atoms with Crippen molar-refractivity contribution in [1.82, 2.24) is 10.2 Å². The fraction of sp³-hybridized carbons (Fsp3) is 0.412. The van der Waals surface area contributed by atoms with E-state index >= 15 is 0 Å². The molecule has 0 aliphatic heterocycles. The van der Waals surface area contributed by atoms with Crippen molar-refractivity contribution in [3.05, 3.63) is 89.5 Å². The fourth-order valence-corrected chi connectivity index (χ4v) is 6.89. The molecular weight excluding hydrogens is 562 g/mol. The maximum atomic E-state index is 14.3. The highest BCUT2D eigenvalue weighted by Gasteiger charge is 2.34. The van der Waals surface area contributed by atoms with E-state index in [0.717, 1.165) is 53.1 Å². The molecule has 0 spiro atoms. The van der Waals surface area contributed by atoms with E-state index in [2.05, 4.69) is 5.32 Å². The molecule has 230 valence electrons. The van der Waals surface area contributed by atoms with Gasteiger partial charge in [-0.1, -0.05) is 79.8 Å². The first kappa shape index (κ1) is 32.1. The molecule has 0 radical (unpaired) electrons. The van der Waals surface area contributed by atoms with Gasteiger partial charge < -0.3 is 15.0 Å². The first-order valence-electron chi connectivity index (χ1n) is 15.0. The minimum absolute atomic E-state index is 0.0703. The smallest absolute Gasteiger partial charge is 0.264 e. The molecule has 1 fully saturated rings. The van der Waals surface area contributed by atoms with E-state index < -0.39 is 28.5 Å². The van der Waals surface area contributed by atoms with Crippen LogP contribution in [0.25, 0.3) is 0 Å². The monoisotopic (exact) mass is 605 g/mol. The Kier molecular flexibility index (Phi) is 10.9. The SMILES string of the molecule is CC[C@@H](C(=O)NC1CCCCC1)N(Cc1ccc(C)cc1)C(=O)CN(c1cccc(OC)c1)S(=O)(=O)c1ccc(C)cc1.